The third kappa shape index (κ3) is 4.70. The number of hydrogen-bond donors (Lipinski definition) is 2. The van der Waals surface area contributed by atoms with Gasteiger partial charge in [0.05, 0.1) is 17.7 Å². The van der Waals surface area contributed by atoms with Crippen LogP contribution in [0, 0.1) is 0 Å². The highest BCUT2D eigenvalue weighted by atomic mass is 16.4. The monoisotopic (exact) mass is 439 g/mol. The molecule has 4 rings (SSSR count). The van der Waals surface area contributed by atoms with Crippen LogP contribution in [0.3, 0.4) is 0 Å². The van der Waals surface area contributed by atoms with Crippen molar-refractivity contribution >= 4 is 12.0 Å². The highest BCUT2D eigenvalue weighted by Crippen LogP contribution is 2.27. The molecule has 8 nitrogen and oxygen atoms in total. The molecule has 1 aromatic heterocycles. The molecule has 2 aliphatic heterocycles. The van der Waals surface area contributed by atoms with E-state index in [4.69, 9.17) is 5.11 Å². The molecule has 3 heterocycles. The van der Waals surface area contributed by atoms with Gasteiger partial charge in [-0.1, -0.05) is 30.3 Å². The molecule has 1 aromatic carbocycles. The zero-order valence-electron chi connectivity index (χ0n) is 18.1. The molecule has 170 valence electrons. The van der Waals surface area contributed by atoms with E-state index in [2.05, 4.69) is 0 Å². The maximum atomic E-state index is 13.4. The first-order valence-corrected chi connectivity index (χ1v) is 11.2. The van der Waals surface area contributed by atoms with Crippen molar-refractivity contribution in [1.29, 1.82) is 0 Å². The van der Waals surface area contributed by atoms with Gasteiger partial charge in [-0.3, -0.25) is 9.59 Å². The number of carboxylic acid groups (broad SMARTS) is 1. The molecule has 2 fully saturated rings. The van der Waals surface area contributed by atoms with E-state index in [0.29, 0.717) is 24.2 Å². The van der Waals surface area contributed by atoms with Crippen molar-refractivity contribution < 1.29 is 19.8 Å². The fourth-order valence-corrected chi connectivity index (χ4v) is 4.58. The van der Waals surface area contributed by atoms with Crippen LogP contribution in [0.5, 0.6) is 0 Å². The number of piperidine rings is 2. The van der Waals surface area contributed by atoms with E-state index >= 15 is 0 Å². The third-order valence-corrected chi connectivity index (χ3v) is 6.51. The SMILES string of the molecule is O=C(O)N1CCC(O)(Cn2cc(C(=O)N3CCCCC3)c(-c3ccccc3)cc2=O)CC1. The highest BCUT2D eigenvalue weighted by molar-refractivity contribution is 6.00. The van der Waals surface area contributed by atoms with Gasteiger partial charge >= 0.3 is 6.09 Å². The van der Waals surface area contributed by atoms with Crippen LogP contribution in [0.25, 0.3) is 11.1 Å². The Morgan fingerprint density at radius 2 is 1.59 bits per heavy atom. The molecule has 0 unspecified atom stereocenters. The number of aliphatic hydroxyl groups is 1. The zero-order chi connectivity index (χ0) is 22.7. The van der Waals surface area contributed by atoms with Crippen molar-refractivity contribution in [2.45, 2.75) is 44.2 Å². The first-order valence-electron chi connectivity index (χ1n) is 11.2. The molecule has 32 heavy (non-hydrogen) atoms. The van der Waals surface area contributed by atoms with Gasteiger partial charge in [-0.25, -0.2) is 4.79 Å². The molecule has 0 bridgehead atoms. The summed E-state index contributed by atoms with van der Waals surface area (Å²) in [6, 6.07) is 10.9. The second-order valence-electron chi connectivity index (χ2n) is 8.78. The fourth-order valence-electron chi connectivity index (χ4n) is 4.58. The van der Waals surface area contributed by atoms with Crippen LogP contribution in [0.4, 0.5) is 4.79 Å². The summed E-state index contributed by atoms with van der Waals surface area (Å²) < 4.78 is 1.40. The van der Waals surface area contributed by atoms with Crippen molar-refractivity contribution in [2.24, 2.45) is 0 Å². The lowest BCUT2D eigenvalue weighted by Crippen LogP contribution is -2.49. The summed E-state index contributed by atoms with van der Waals surface area (Å²) in [6.07, 6.45) is 4.07. The van der Waals surface area contributed by atoms with Crippen LogP contribution >= 0.6 is 0 Å². The predicted molar refractivity (Wildman–Crippen MR) is 120 cm³/mol. The van der Waals surface area contributed by atoms with Crippen LogP contribution in [0.2, 0.25) is 0 Å². The van der Waals surface area contributed by atoms with Gasteiger partial charge in [-0.2, -0.15) is 0 Å². The van der Waals surface area contributed by atoms with E-state index < -0.39 is 11.7 Å². The minimum absolute atomic E-state index is 0.0225. The summed E-state index contributed by atoms with van der Waals surface area (Å²) in [5.74, 6) is -0.106. The molecule has 2 saturated heterocycles. The molecular formula is C24H29N3O5. The number of nitrogens with zero attached hydrogens (tertiary/aromatic N) is 3. The average molecular weight is 440 g/mol. The lowest BCUT2D eigenvalue weighted by Gasteiger charge is -2.37. The average Bonchev–Trinajstić information content (AvgIpc) is 2.81. The van der Waals surface area contributed by atoms with Gasteiger partial charge in [0.25, 0.3) is 11.5 Å². The van der Waals surface area contributed by atoms with Crippen molar-refractivity contribution in [2.75, 3.05) is 26.2 Å². The Balaban J connectivity index is 1.67. The summed E-state index contributed by atoms with van der Waals surface area (Å²) in [4.78, 5) is 40.7. The highest BCUT2D eigenvalue weighted by Gasteiger charge is 2.35. The number of rotatable bonds is 4. The largest absolute Gasteiger partial charge is 0.465 e. The van der Waals surface area contributed by atoms with E-state index in [0.717, 1.165) is 24.8 Å². The maximum absolute atomic E-state index is 13.4. The number of carbonyl (C=O) groups is 2. The van der Waals surface area contributed by atoms with Crippen molar-refractivity contribution in [3.05, 3.63) is 58.5 Å². The first-order chi connectivity index (χ1) is 15.4. The summed E-state index contributed by atoms with van der Waals surface area (Å²) in [5, 5.41) is 20.2. The molecule has 0 aliphatic carbocycles. The van der Waals surface area contributed by atoms with E-state index in [9.17, 15) is 19.5 Å². The molecule has 0 atom stereocenters. The van der Waals surface area contributed by atoms with E-state index in [1.807, 2.05) is 35.2 Å². The van der Waals surface area contributed by atoms with Crippen molar-refractivity contribution in [3.63, 3.8) is 0 Å². The molecular weight excluding hydrogens is 410 g/mol. The Bertz CT molecular complexity index is 1040. The van der Waals surface area contributed by atoms with Gasteiger partial charge in [0.1, 0.15) is 0 Å². The summed E-state index contributed by atoms with van der Waals surface area (Å²) in [5.41, 5.74) is 0.341. The van der Waals surface area contributed by atoms with E-state index in [1.165, 1.54) is 15.5 Å². The molecule has 2 amide bonds. The molecule has 8 heteroatoms. The van der Waals surface area contributed by atoms with Crippen molar-refractivity contribution in [3.8, 4) is 11.1 Å². The number of amides is 2. The Labute approximate surface area is 186 Å². The van der Waals surface area contributed by atoms with Crippen LogP contribution < -0.4 is 5.56 Å². The van der Waals surface area contributed by atoms with Gasteiger partial charge in [-0.15, -0.1) is 0 Å². The van der Waals surface area contributed by atoms with Gasteiger partial charge < -0.3 is 24.6 Å². The Kier molecular flexibility index (Phi) is 6.32. The fraction of sp³-hybridized carbons (Fsp3) is 0.458. The standard InChI is InChI=1S/C24H29N3O5/c28-21-15-19(18-7-3-1-4-8-18)20(22(29)25-11-5-2-6-12-25)16-27(21)17-24(32)9-13-26(14-10-24)23(30)31/h1,3-4,7-8,15-16,32H,2,5-6,9-14,17H2,(H,30,31). The van der Waals surface area contributed by atoms with Crippen LogP contribution in [0.1, 0.15) is 42.5 Å². The number of pyridine rings is 1. The normalized spacial score (nSPS) is 18.4. The van der Waals surface area contributed by atoms with Crippen LogP contribution in [0.15, 0.2) is 47.4 Å². The number of likely N-dealkylation sites (tertiary alicyclic amines) is 2. The molecule has 0 radical (unpaired) electrons. The number of hydrogen-bond acceptors (Lipinski definition) is 4. The maximum Gasteiger partial charge on any atom is 0.407 e. The molecule has 0 saturated carbocycles. The Morgan fingerprint density at radius 1 is 0.938 bits per heavy atom. The molecule has 2 aromatic rings. The second-order valence-corrected chi connectivity index (χ2v) is 8.78. The quantitative estimate of drug-likeness (QED) is 0.762. The summed E-state index contributed by atoms with van der Waals surface area (Å²) in [6.45, 7) is 1.83. The second kappa shape index (κ2) is 9.16. The lowest BCUT2D eigenvalue weighted by atomic mass is 9.91. The minimum atomic E-state index is -1.20. The number of carbonyl (C=O) groups excluding carboxylic acids is 1. The predicted octanol–water partition coefficient (Wildman–Crippen LogP) is 2.65. The lowest BCUT2D eigenvalue weighted by molar-refractivity contribution is -0.0303. The van der Waals surface area contributed by atoms with Gasteiger partial charge in [0, 0.05) is 44.0 Å². The molecule has 0 spiro atoms. The van der Waals surface area contributed by atoms with E-state index in [1.54, 1.807) is 6.20 Å². The van der Waals surface area contributed by atoms with Gasteiger partial charge in [0.15, 0.2) is 0 Å². The molecule has 2 aliphatic rings. The Morgan fingerprint density at radius 3 is 2.22 bits per heavy atom. The topological polar surface area (TPSA) is 103 Å². The molecule has 2 N–H and O–H groups in total. The Hall–Kier alpha value is -3.13. The van der Waals surface area contributed by atoms with E-state index in [-0.39, 0.29) is 43.9 Å². The minimum Gasteiger partial charge on any atom is -0.465 e. The van der Waals surface area contributed by atoms with Gasteiger partial charge in [-0.05, 0) is 37.7 Å². The number of benzene rings is 1. The summed E-state index contributed by atoms with van der Waals surface area (Å²) in [7, 11) is 0. The van der Waals surface area contributed by atoms with Crippen molar-refractivity contribution in [1.82, 2.24) is 14.4 Å². The van der Waals surface area contributed by atoms with Crippen LogP contribution in [-0.4, -0.2) is 68.4 Å². The summed E-state index contributed by atoms with van der Waals surface area (Å²) >= 11 is 0. The number of aromatic nitrogens is 1. The third-order valence-electron chi connectivity index (χ3n) is 6.51. The smallest absolute Gasteiger partial charge is 0.407 e. The first kappa shape index (κ1) is 22.1. The van der Waals surface area contributed by atoms with Crippen LogP contribution in [-0.2, 0) is 6.54 Å². The zero-order valence-corrected chi connectivity index (χ0v) is 18.1. The van der Waals surface area contributed by atoms with Gasteiger partial charge in [0.2, 0.25) is 0 Å².